The zero-order valence-corrected chi connectivity index (χ0v) is 63.1. The zero-order valence-electron chi connectivity index (χ0n) is 61.3. The van der Waals surface area contributed by atoms with Gasteiger partial charge in [0.05, 0.1) is 26.4 Å². The summed E-state index contributed by atoms with van der Waals surface area (Å²) in [5, 5.41) is 10.6. The van der Waals surface area contributed by atoms with E-state index < -0.39 is 97.5 Å². The molecule has 0 saturated carbocycles. The molecule has 0 bridgehead atoms. The number of aliphatic hydroxyl groups is 1. The first kappa shape index (κ1) is 92.1. The Kier molecular flexibility index (Phi) is 65.5. The van der Waals surface area contributed by atoms with E-state index in [2.05, 4.69) is 41.5 Å². The van der Waals surface area contributed by atoms with Gasteiger partial charge in [0.1, 0.15) is 19.3 Å². The molecule has 17 nitrogen and oxygen atoms in total. The molecule has 94 heavy (non-hydrogen) atoms. The predicted octanol–water partition coefficient (Wildman–Crippen LogP) is 21.9. The Morgan fingerprint density at radius 2 is 0.489 bits per heavy atom. The third-order valence-electron chi connectivity index (χ3n) is 17.5. The lowest BCUT2D eigenvalue weighted by molar-refractivity contribution is -0.161. The number of ether oxygens (including phenoxy) is 4. The van der Waals surface area contributed by atoms with E-state index in [0.29, 0.717) is 25.7 Å². The van der Waals surface area contributed by atoms with Crippen LogP contribution in [0.25, 0.3) is 0 Å². The molecule has 0 amide bonds. The molecule has 0 saturated heterocycles. The van der Waals surface area contributed by atoms with E-state index in [1.807, 2.05) is 0 Å². The fourth-order valence-corrected chi connectivity index (χ4v) is 13.1. The Morgan fingerprint density at radius 3 is 0.723 bits per heavy atom. The third kappa shape index (κ3) is 68.6. The molecule has 0 aromatic carbocycles. The molecule has 558 valence electrons. The van der Waals surface area contributed by atoms with Crippen LogP contribution in [0.2, 0.25) is 0 Å². The summed E-state index contributed by atoms with van der Waals surface area (Å²) < 4.78 is 68.4. The van der Waals surface area contributed by atoms with Gasteiger partial charge >= 0.3 is 39.5 Å². The van der Waals surface area contributed by atoms with Crippen molar-refractivity contribution < 1.29 is 80.2 Å². The molecular weight excluding hydrogens is 1230 g/mol. The van der Waals surface area contributed by atoms with Crippen molar-refractivity contribution in [3.8, 4) is 0 Å². The molecule has 0 heterocycles. The number of phosphoric ester groups is 2. The summed E-state index contributed by atoms with van der Waals surface area (Å²) in [7, 11) is -9.90. The average molecular weight is 1380 g/mol. The second-order valence-electron chi connectivity index (χ2n) is 28.0. The number of hydrogen-bond donors (Lipinski definition) is 3. The van der Waals surface area contributed by atoms with Crippen LogP contribution in [-0.2, 0) is 65.4 Å². The monoisotopic (exact) mass is 1380 g/mol. The van der Waals surface area contributed by atoms with Crippen molar-refractivity contribution in [1.29, 1.82) is 0 Å². The van der Waals surface area contributed by atoms with Gasteiger partial charge in [0.15, 0.2) is 12.2 Å². The SMILES string of the molecule is CCCCCCCCCCCCC(=O)O[C@H](COC(=O)CCCCCCCCCC)COP(=O)(O)OC[C@H](O)COP(=O)(O)OC[C@@H](COC(=O)CCCCCCCCCCCCCCCCC(C)C)OC(=O)CCCCCCCCCCCCCCCCCCC(C)C. The predicted molar refractivity (Wildman–Crippen MR) is 381 cm³/mol. The zero-order chi connectivity index (χ0) is 69.3. The largest absolute Gasteiger partial charge is 0.472 e. The minimum Gasteiger partial charge on any atom is -0.462 e. The minimum atomic E-state index is -4.96. The highest BCUT2D eigenvalue weighted by Gasteiger charge is 2.30. The third-order valence-corrected chi connectivity index (χ3v) is 19.4. The fraction of sp³-hybridized carbons (Fsp3) is 0.947. The number of carbonyl (C=O) groups is 4. The lowest BCUT2D eigenvalue weighted by Crippen LogP contribution is -2.30. The Balaban J connectivity index is 5.19. The molecule has 0 aromatic rings. The van der Waals surface area contributed by atoms with Crippen molar-refractivity contribution in [3.05, 3.63) is 0 Å². The quantitative estimate of drug-likeness (QED) is 0.0222. The Labute approximate surface area is 575 Å². The summed E-state index contributed by atoms with van der Waals surface area (Å²) in [6.45, 7) is 9.61. The molecule has 0 aliphatic rings. The minimum absolute atomic E-state index is 0.106. The average Bonchev–Trinajstić information content (AvgIpc) is 1.38. The van der Waals surface area contributed by atoms with Gasteiger partial charge in [0.2, 0.25) is 0 Å². The number of rotatable bonds is 74. The number of phosphoric acid groups is 2. The van der Waals surface area contributed by atoms with Gasteiger partial charge in [-0.15, -0.1) is 0 Å². The topological polar surface area (TPSA) is 237 Å². The molecule has 0 rings (SSSR count). The first-order valence-corrected chi connectivity index (χ1v) is 42.0. The van der Waals surface area contributed by atoms with Gasteiger partial charge in [-0.1, -0.05) is 337 Å². The molecule has 0 aliphatic carbocycles. The Bertz CT molecular complexity index is 1820. The Hall–Kier alpha value is -1.94. The second kappa shape index (κ2) is 66.9. The molecule has 3 N–H and O–H groups in total. The van der Waals surface area contributed by atoms with Crippen LogP contribution in [-0.4, -0.2) is 96.7 Å². The molecule has 19 heteroatoms. The van der Waals surface area contributed by atoms with Gasteiger partial charge in [-0.25, -0.2) is 9.13 Å². The molecule has 0 spiro atoms. The van der Waals surface area contributed by atoms with Crippen LogP contribution in [0.1, 0.15) is 388 Å². The highest BCUT2D eigenvalue weighted by atomic mass is 31.2. The first-order valence-electron chi connectivity index (χ1n) is 39.0. The highest BCUT2D eigenvalue weighted by molar-refractivity contribution is 7.47. The first-order chi connectivity index (χ1) is 45.4. The molecule has 5 atom stereocenters. The maximum atomic E-state index is 13.1. The molecular formula is C75H146O17P2. The van der Waals surface area contributed by atoms with Gasteiger partial charge < -0.3 is 33.8 Å². The normalized spacial score (nSPS) is 14.0. The van der Waals surface area contributed by atoms with Crippen LogP contribution >= 0.6 is 15.6 Å². The lowest BCUT2D eigenvalue weighted by Gasteiger charge is -2.21. The lowest BCUT2D eigenvalue weighted by atomic mass is 10.0. The van der Waals surface area contributed by atoms with Crippen molar-refractivity contribution in [2.24, 2.45) is 11.8 Å². The second-order valence-corrected chi connectivity index (χ2v) is 30.9. The van der Waals surface area contributed by atoms with Gasteiger partial charge in [-0.2, -0.15) is 0 Å². The van der Waals surface area contributed by atoms with Crippen LogP contribution < -0.4 is 0 Å². The van der Waals surface area contributed by atoms with Crippen molar-refractivity contribution in [2.45, 2.75) is 407 Å². The van der Waals surface area contributed by atoms with E-state index in [0.717, 1.165) is 108 Å². The number of hydrogen-bond acceptors (Lipinski definition) is 15. The smallest absolute Gasteiger partial charge is 0.462 e. The molecule has 2 unspecified atom stereocenters. The Morgan fingerprint density at radius 1 is 0.287 bits per heavy atom. The number of carbonyl (C=O) groups excluding carboxylic acids is 4. The van der Waals surface area contributed by atoms with E-state index in [1.165, 1.54) is 199 Å². The summed E-state index contributed by atoms with van der Waals surface area (Å²) in [6, 6.07) is 0. The van der Waals surface area contributed by atoms with Crippen LogP contribution in [0.3, 0.4) is 0 Å². The van der Waals surface area contributed by atoms with E-state index in [9.17, 15) is 43.2 Å². The van der Waals surface area contributed by atoms with E-state index in [4.69, 9.17) is 37.0 Å². The number of esters is 4. The van der Waals surface area contributed by atoms with E-state index in [1.54, 1.807) is 0 Å². The van der Waals surface area contributed by atoms with Crippen LogP contribution in [0, 0.1) is 11.8 Å². The van der Waals surface area contributed by atoms with Crippen molar-refractivity contribution in [2.75, 3.05) is 39.6 Å². The maximum Gasteiger partial charge on any atom is 0.472 e. The molecule has 0 fully saturated rings. The summed E-state index contributed by atoms with van der Waals surface area (Å²) in [6.07, 6.45) is 54.2. The number of unbranched alkanes of at least 4 members (excludes halogenated alkanes) is 44. The van der Waals surface area contributed by atoms with Gasteiger partial charge in [0.25, 0.3) is 0 Å². The van der Waals surface area contributed by atoms with Crippen molar-refractivity contribution in [3.63, 3.8) is 0 Å². The van der Waals surface area contributed by atoms with E-state index in [-0.39, 0.29) is 25.7 Å². The molecule has 0 aliphatic heterocycles. The van der Waals surface area contributed by atoms with Gasteiger partial charge in [-0.3, -0.25) is 37.3 Å². The summed E-state index contributed by atoms with van der Waals surface area (Å²) in [5.41, 5.74) is 0. The highest BCUT2D eigenvalue weighted by Crippen LogP contribution is 2.45. The standard InChI is InChI=1S/C75H146O17P2/c1-7-9-11-13-15-17-34-41-47-53-59-74(79)91-70(63-85-72(77)57-51-45-39-16-14-12-10-8-2)65-89-93(81,82)87-61-69(76)62-88-94(83,84)90-66-71(64-86-73(78)58-52-46-40-35-30-26-23-22-25-29-33-38-44-50-56-68(5)6)92-75(80)60-54-48-42-36-31-27-21-19-18-20-24-28-32-37-43-49-55-67(3)4/h67-71,76H,7-66H2,1-6H3,(H,81,82)(H,83,84)/t69-,70+,71+/m0/s1. The summed E-state index contributed by atoms with van der Waals surface area (Å²) in [5.74, 6) is -0.511. The molecule has 0 aromatic heterocycles. The van der Waals surface area contributed by atoms with Crippen LogP contribution in [0.15, 0.2) is 0 Å². The maximum absolute atomic E-state index is 13.1. The van der Waals surface area contributed by atoms with Gasteiger partial charge in [-0.05, 0) is 37.5 Å². The van der Waals surface area contributed by atoms with E-state index >= 15 is 0 Å². The summed E-state index contributed by atoms with van der Waals surface area (Å²) >= 11 is 0. The van der Waals surface area contributed by atoms with Crippen molar-refractivity contribution in [1.82, 2.24) is 0 Å². The summed E-state index contributed by atoms with van der Waals surface area (Å²) in [4.78, 5) is 72.6. The van der Waals surface area contributed by atoms with Crippen molar-refractivity contribution >= 4 is 39.5 Å². The fourth-order valence-electron chi connectivity index (χ4n) is 11.5. The van der Waals surface area contributed by atoms with Gasteiger partial charge in [0, 0.05) is 25.7 Å². The molecule has 0 radical (unpaired) electrons. The number of aliphatic hydroxyl groups excluding tert-OH is 1. The van der Waals surface area contributed by atoms with Crippen LogP contribution in [0.5, 0.6) is 0 Å². The van der Waals surface area contributed by atoms with Crippen LogP contribution in [0.4, 0.5) is 0 Å².